The highest BCUT2D eigenvalue weighted by atomic mass is 16.2. The molecular weight excluding hydrogens is 260 g/mol. The number of nitrogens with zero attached hydrogens (tertiary/aromatic N) is 4. The molecular formula is C12H12N6O2. The van der Waals surface area contributed by atoms with Gasteiger partial charge in [0.1, 0.15) is 6.33 Å². The lowest BCUT2D eigenvalue weighted by atomic mass is 10.1. The molecule has 2 amide bonds. The highest BCUT2D eigenvalue weighted by Crippen LogP contribution is 2.20. The standard InChI is InChI=1S/C12H12N6O2/c19-11-5-8(6-13-11)12(20)15-9-3-1-2-4-10(9)18-7-14-16-17-18/h1-4,7-8H,5-6H2,(H,13,19)(H,15,20). The average Bonchev–Trinajstić information content (AvgIpc) is 3.10. The second-order valence-corrected chi connectivity index (χ2v) is 4.47. The third-order valence-corrected chi connectivity index (χ3v) is 3.11. The molecule has 0 saturated carbocycles. The molecule has 20 heavy (non-hydrogen) atoms. The van der Waals surface area contributed by atoms with Crippen LogP contribution in [0.2, 0.25) is 0 Å². The number of aromatic nitrogens is 4. The summed E-state index contributed by atoms with van der Waals surface area (Å²) in [4.78, 5) is 23.3. The van der Waals surface area contributed by atoms with Gasteiger partial charge >= 0.3 is 0 Å². The fourth-order valence-corrected chi connectivity index (χ4v) is 2.08. The Balaban J connectivity index is 1.81. The Kier molecular flexibility index (Phi) is 3.12. The van der Waals surface area contributed by atoms with Crippen molar-refractivity contribution in [3.63, 3.8) is 0 Å². The number of carbonyl (C=O) groups excluding carboxylic acids is 2. The fourth-order valence-electron chi connectivity index (χ4n) is 2.08. The second-order valence-electron chi connectivity index (χ2n) is 4.47. The van der Waals surface area contributed by atoms with Crippen LogP contribution in [-0.4, -0.2) is 38.6 Å². The summed E-state index contributed by atoms with van der Waals surface area (Å²) in [7, 11) is 0. The first-order valence-corrected chi connectivity index (χ1v) is 6.14. The molecule has 0 radical (unpaired) electrons. The van der Waals surface area contributed by atoms with Crippen LogP contribution in [0.1, 0.15) is 6.42 Å². The monoisotopic (exact) mass is 272 g/mol. The van der Waals surface area contributed by atoms with E-state index in [1.54, 1.807) is 12.1 Å². The number of hydrogen-bond donors (Lipinski definition) is 2. The van der Waals surface area contributed by atoms with Crippen molar-refractivity contribution in [3.05, 3.63) is 30.6 Å². The van der Waals surface area contributed by atoms with Gasteiger partial charge in [0.2, 0.25) is 11.8 Å². The van der Waals surface area contributed by atoms with Crippen molar-refractivity contribution in [2.45, 2.75) is 6.42 Å². The first-order valence-electron chi connectivity index (χ1n) is 6.14. The minimum atomic E-state index is -0.343. The minimum Gasteiger partial charge on any atom is -0.355 e. The van der Waals surface area contributed by atoms with Crippen molar-refractivity contribution >= 4 is 17.5 Å². The van der Waals surface area contributed by atoms with Crippen molar-refractivity contribution in [1.82, 2.24) is 25.5 Å². The van der Waals surface area contributed by atoms with E-state index in [0.717, 1.165) is 0 Å². The number of rotatable bonds is 3. The van der Waals surface area contributed by atoms with Crippen LogP contribution in [-0.2, 0) is 9.59 Å². The zero-order chi connectivity index (χ0) is 13.9. The summed E-state index contributed by atoms with van der Waals surface area (Å²) >= 11 is 0. The van der Waals surface area contributed by atoms with Gasteiger partial charge in [-0.25, -0.2) is 0 Å². The number of nitrogens with one attached hydrogen (secondary N) is 2. The van der Waals surface area contributed by atoms with Gasteiger partial charge in [-0.3, -0.25) is 9.59 Å². The number of benzene rings is 1. The van der Waals surface area contributed by atoms with E-state index < -0.39 is 0 Å². The van der Waals surface area contributed by atoms with Crippen LogP contribution >= 0.6 is 0 Å². The zero-order valence-electron chi connectivity index (χ0n) is 10.5. The van der Waals surface area contributed by atoms with E-state index in [1.165, 1.54) is 11.0 Å². The predicted octanol–water partition coefficient (Wildman–Crippen LogP) is -0.263. The van der Waals surface area contributed by atoms with Crippen molar-refractivity contribution in [1.29, 1.82) is 0 Å². The third-order valence-electron chi connectivity index (χ3n) is 3.11. The summed E-state index contributed by atoms with van der Waals surface area (Å²) in [5.41, 5.74) is 1.27. The number of hydrogen-bond acceptors (Lipinski definition) is 5. The molecule has 1 aliphatic rings. The number of para-hydroxylation sites is 2. The van der Waals surface area contributed by atoms with E-state index in [9.17, 15) is 9.59 Å². The van der Waals surface area contributed by atoms with E-state index in [-0.39, 0.29) is 24.2 Å². The molecule has 2 N–H and O–H groups in total. The minimum absolute atomic E-state index is 0.0982. The highest BCUT2D eigenvalue weighted by Gasteiger charge is 2.28. The van der Waals surface area contributed by atoms with Crippen molar-refractivity contribution < 1.29 is 9.59 Å². The molecule has 0 bridgehead atoms. The maximum absolute atomic E-state index is 12.1. The molecule has 0 aliphatic carbocycles. The predicted molar refractivity (Wildman–Crippen MR) is 68.9 cm³/mol. The summed E-state index contributed by atoms with van der Waals surface area (Å²) < 4.78 is 1.47. The van der Waals surface area contributed by atoms with Crippen LogP contribution in [0.5, 0.6) is 0 Å². The summed E-state index contributed by atoms with van der Waals surface area (Å²) in [6.45, 7) is 0.373. The lowest BCUT2D eigenvalue weighted by molar-refractivity contribution is -0.123. The highest BCUT2D eigenvalue weighted by molar-refractivity contribution is 5.98. The molecule has 2 heterocycles. The average molecular weight is 272 g/mol. The molecule has 102 valence electrons. The van der Waals surface area contributed by atoms with Crippen LogP contribution in [0, 0.1) is 5.92 Å². The van der Waals surface area contributed by atoms with Gasteiger partial charge in [-0.2, -0.15) is 4.68 Å². The fraction of sp³-hybridized carbons (Fsp3) is 0.250. The Morgan fingerprint density at radius 3 is 2.95 bits per heavy atom. The second kappa shape index (κ2) is 5.08. The molecule has 1 fully saturated rings. The first-order chi connectivity index (χ1) is 9.74. The van der Waals surface area contributed by atoms with Crippen molar-refractivity contribution in [3.8, 4) is 5.69 Å². The molecule has 1 atom stereocenters. The molecule has 1 aliphatic heterocycles. The molecule has 8 nitrogen and oxygen atoms in total. The molecule has 1 unspecified atom stereocenters. The molecule has 1 aromatic heterocycles. The Hall–Kier alpha value is -2.77. The van der Waals surface area contributed by atoms with Crippen LogP contribution in [0.3, 0.4) is 0 Å². The molecule has 0 spiro atoms. The number of tetrazole rings is 1. The van der Waals surface area contributed by atoms with Gasteiger partial charge in [0.25, 0.3) is 0 Å². The Labute approximate surface area is 114 Å². The molecule has 8 heteroatoms. The van der Waals surface area contributed by atoms with E-state index >= 15 is 0 Å². The maximum Gasteiger partial charge on any atom is 0.229 e. The Morgan fingerprint density at radius 1 is 1.40 bits per heavy atom. The summed E-state index contributed by atoms with van der Waals surface area (Å²) in [6, 6.07) is 7.19. The van der Waals surface area contributed by atoms with E-state index in [4.69, 9.17) is 0 Å². The van der Waals surface area contributed by atoms with E-state index in [2.05, 4.69) is 26.2 Å². The van der Waals surface area contributed by atoms with Gasteiger partial charge in [0, 0.05) is 13.0 Å². The van der Waals surface area contributed by atoms with Gasteiger partial charge in [-0.1, -0.05) is 12.1 Å². The summed E-state index contributed by atoms with van der Waals surface area (Å²) in [5.74, 6) is -0.632. The molecule has 3 rings (SSSR count). The van der Waals surface area contributed by atoms with E-state index in [0.29, 0.717) is 17.9 Å². The van der Waals surface area contributed by atoms with Crippen LogP contribution < -0.4 is 10.6 Å². The normalized spacial score (nSPS) is 17.8. The maximum atomic E-state index is 12.1. The smallest absolute Gasteiger partial charge is 0.229 e. The third kappa shape index (κ3) is 2.35. The summed E-state index contributed by atoms with van der Waals surface area (Å²) in [5, 5.41) is 16.4. The van der Waals surface area contributed by atoms with Gasteiger partial charge in [-0.05, 0) is 22.6 Å². The quantitative estimate of drug-likeness (QED) is 0.801. The Bertz CT molecular complexity index is 639. The molecule has 1 aromatic carbocycles. The van der Waals surface area contributed by atoms with Crippen molar-refractivity contribution in [2.75, 3.05) is 11.9 Å². The van der Waals surface area contributed by atoms with Crippen LogP contribution in [0.25, 0.3) is 5.69 Å². The number of carbonyl (C=O) groups is 2. The van der Waals surface area contributed by atoms with Crippen LogP contribution in [0.4, 0.5) is 5.69 Å². The topological polar surface area (TPSA) is 102 Å². The van der Waals surface area contributed by atoms with Gasteiger partial charge < -0.3 is 10.6 Å². The lowest BCUT2D eigenvalue weighted by Gasteiger charge is -2.12. The largest absolute Gasteiger partial charge is 0.355 e. The Morgan fingerprint density at radius 2 is 2.25 bits per heavy atom. The molecule has 2 aromatic rings. The van der Waals surface area contributed by atoms with Crippen molar-refractivity contribution in [2.24, 2.45) is 5.92 Å². The summed E-state index contributed by atoms with van der Waals surface area (Å²) in [6.07, 6.45) is 1.67. The lowest BCUT2D eigenvalue weighted by Crippen LogP contribution is -2.25. The number of anilines is 1. The SMILES string of the molecule is O=C1CC(C(=O)Nc2ccccc2-n2cnnn2)CN1. The van der Waals surface area contributed by atoms with Gasteiger partial charge in [0.15, 0.2) is 0 Å². The van der Waals surface area contributed by atoms with Gasteiger partial charge in [0.05, 0.1) is 17.3 Å². The molecule has 1 saturated heterocycles. The first kappa shape index (κ1) is 12.3. The zero-order valence-corrected chi connectivity index (χ0v) is 10.5. The van der Waals surface area contributed by atoms with E-state index in [1.807, 2.05) is 12.1 Å². The van der Waals surface area contributed by atoms with Gasteiger partial charge in [-0.15, -0.1) is 5.10 Å². The number of amides is 2. The van der Waals surface area contributed by atoms with Crippen LogP contribution in [0.15, 0.2) is 30.6 Å².